The zero-order valence-corrected chi connectivity index (χ0v) is 13.9. The van der Waals surface area contributed by atoms with Gasteiger partial charge in [0.2, 0.25) is 4.96 Å². The maximum atomic E-state index is 12.3. The van der Waals surface area contributed by atoms with E-state index in [-0.39, 0.29) is 18.0 Å². The Balaban J connectivity index is 1.54. The van der Waals surface area contributed by atoms with Gasteiger partial charge < -0.3 is 15.0 Å². The first-order chi connectivity index (χ1) is 11.1. The first-order valence-electron chi connectivity index (χ1n) is 7.62. The number of piperidine rings is 1. The topological polar surface area (TPSA) is 88.8 Å². The number of carbonyl (C=O) groups is 2. The van der Waals surface area contributed by atoms with Crippen molar-refractivity contribution in [3.63, 3.8) is 0 Å². The maximum Gasteiger partial charge on any atom is 0.409 e. The molecular weight excluding hydrogens is 318 g/mol. The maximum absolute atomic E-state index is 12.3. The summed E-state index contributed by atoms with van der Waals surface area (Å²) in [7, 11) is 0. The lowest BCUT2D eigenvalue weighted by atomic mass is 10.1. The number of likely N-dealkylation sites (tertiary alicyclic amines) is 1. The van der Waals surface area contributed by atoms with Crippen molar-refractivity contribution in [3.05, 3.63) is 16.9 Å². The molecule has 0 bridgehead atoms. The molecule has 8 nitrogen and oxygen atoms in total. The Bertz CT molecular complexity index is 686. The largest absolute Gasteiger partial charge is 0.450 e. The molecule has 2 aromatic heterocycles. The molecule has 0 aromatic carbocycles. The van der Waals surface area contributed by atoms with Gasteiger partial charge >= 0.3 is 6.09 Å². The van der Waals surface area contributed by atoms with Gasteiger partial charge in [0.1, 0.15) is 10.7 Å². The highest BCUT2D eigenvalue weighted by molar-refractivity contribution is 7.16. The summed E-state index contributed by atoms with van der Waals surface area (Å²) in [5.41, 5.74) is 0.372. The number of hydrogen-bond acceptors (Lipinski definition) is 6. The molecule has 1 saturated heterocycles. The summed E-state index contributed by atoms with van der Waals surface area (Å²) in [5, 5.41) is 8.13. The fraction of sp³-hybridized carbons (Fsp3) is 0.571. The van der Waals surface area contributed by atoms with E-state index in [4.69, 9.17) is 4.74 Å². The lowest BCUT2D eigenvalue weighted by molar-refractivity contribution is 0.0857. The van der Waals surface area contributed by atoms with Gasteiger partial charge in [-0.2, -0.15) is 5.10 Å². The summed E-state index contributed by atoms with van der Waals surface area (Å²) in [5.74, 6) is -0.199. The third-order valence-electron chi connectivity index (χ3n) is 3.73. The smallest absolute Gasteiger partial charge is 0.409 e. The number of fused-ring (bicyclic) bond motifs is 1. The number of aromatic nitrogens is 3. The van der Waals surface area contributed by atoms with Gasteiger partial charge in [-0.1, -0.05) is 11.3 Å². The lowest BCUT2D eigenvalue weighted by Crippen LogP contribution is -2.46. The fourth-order valence-electron chi connectivity index (χ4n) is 2.59. The van der Waals surface area contributed by atoms with Gasteiger partial charge in [0.15, 0.2) is 0 Å². The zero-order chi connectivity index (χ0) is 16.4. The first kappa shape index (κ1) is 15.7. The van der Waals surface area contributed by atoms with Crippen LogP contribution in [0.3, 0.4) is 0 Å². The summed E-state index contributed by atoms with van der Waals surface area (Å²) in [6.45, 7) is 5.24. The van der Waals surface area contributed by atoms with Crippen molar-refractivity contribution in [1.82, 2.24) is 24.8 Å². The molecule has 1 fully saturated rings. The van der Waals surface area contributed by atoms with Crippen molar-refractivity contribution in [2.75, 3.05) is 19.7 Å². The molecule has 3 rings (SSSR count). The number of nitrogens with one attached hydrogen (secondary N) is 1. The Labute approximate surface area is 137 Å². The first-order valence-corrected chi connectivity index (χ1v) is 8.44. The van der Waals surface area contributed by atoms with Crippen molar-refractivity contribution in [3.8, 4) is 0 Å². The van der Waals surface area contributed by atoms with Crippen LogP contribution in [0.2, 0.25) is 0 Å². The van der Waals surface area contributed by atoms with Crippen LogP contribution >= 0.6 is 11.3 Å². The number of rotatable bonds is 3. The highest BCUT2D eigenvalue weighted by atomic mass is 32.1. The second kappa shape index (κ2) is 6.53. The lowest BCUT2D eigenvalue weighted by Gasteiger charge is -2.31. The molecule has 0 spiro atoms. The number of aryl methyl sites for hydroxylation is 1. The summed E-state index contributed by atoms with van der Waals surface area (Å²) in [6, 6.07) is 0.0441. The number of ether oxygens (including phenoxy) is 1. The summed E-state index contributed by atoms with van der Waals surface area (Å²) in [6.07, 6.45) is 2.78. The van der Waals surface area contributed by atoms with E-state index in [0.717, 1.165) is 5.01 Å². The molecular formula is C14H19N5O3S. The minimum atomic E-state index is -0.284. The summed E-state index contributed by atoms with van der Waals surface area (Å²) >= 11 is 1.45. The van der Waals surface area contributed by atoms with Crippen molar-refractivity contribution in [2.24, 2.45) is 0 Å². The third-order valence-corrected chi connectivity index (χ3v) is 4.57. The van der Waals surface area contributed by atoms with Gasteiger partial charge in [0.05, 0.1) is 12.8 Å². The average molecular weight is 337 g/mol. The van der Waals surface area contributed by atoms with Gasteiger partial charge in [0, 0.05) is 19.1 Å². The Hall–Kier alpha value is -2.16. The van der Waals surface area contributed by atoms with Crippen molar-refractivity contribution < 1.29 is 14.3 Å². The van der Waals surface area contributed by atoms with Crippen LogP contribution in [-0.2, 0) is 4.74 Å². The number of nitrogens with zero attached hydrogens (tertiary/aromatic N) is 4. The van der Waals surface area contributed by atoms with E-state index >= 15 is 0 Å². The standard InChI is InChI=1S/C14H19N5O3S/c1-3-22-14(21)18-6-4-10(5-7-18)15-12(20)11-8-19-13(16-11)23-9(2)17-19/h8,10H,3-7H2,1-2H3,(H,15,20). The van der Waals surface area contributed by atoms with Crippen LogP contribution in [0.25, 0.3) is 4.96 Å². The number of hydrogen-bond donors (Lipinski definition) is 1. The third kappa shape index (κ3) is 3.44. The van der Waals surface area contributed by atoms with E-state index in [9.17, 15) is 9.59 Å². The fourth-order valence-corrected chi connectivity index (χ4v) is 3.31. The molecule has 2 amide bonds. The van der Waals surface area contributed by atoms with E-state index < -0.39 is 0 Å². The summed E-state index contributed by atoms with van der Waals surface area (Å²) in [4.78, 5) is 30.6. The molecule has 0 radical (unpaired) electrons. The van der Waals surface area contributed by atoms with Crippen molar-refractivity contribution in [2.45, 2.75) is 32.7 Å². The van der Waals surface area contributed by atoms with Crippen LogP contribution in [0.4, 0.5) is 4.79 Å². The second-order valence-corrected chi connectivity index (χ2v) is 6.57. The Morgan fingerprint density at radius 3 is 2.83 bits per heavy atom. The molecule has 124 valence electrons. The van der Waals surface area contributed by atoms with E-state index in [0.29, 0.717) is 43.2 Å². The minimum absolute atomic E-state index is 0.0441. The molecule has 0 unspecified atom stereocenters. The second-order valence-electron chi connectivity index (χ2n) is 5.41. The number of amides is 2. The van der Waals surface area contributed by atoms with Crippen LogP contribution in [0, 0.1) is 6.92 Å². The van der Waals surface area contributed by atoms with E-state index in [1.165, 1.54) is 11.3 Å². The van der Waals surface area contributed by atoms with Crippen molar-refractivity contribution in [1.29, 1.82) is 0 Å². The molecule has 3 heterocycles. The Morgan fingerprint density at radius 1 is 1.43 bits per heavy atom. The van der Waals surface area contributed by atoms with Crippen LogP contribution in [0.15, 0.2) is 6.20 Å². The molecule has 0 atom stereocenters. The van der Waals surface area contributed by atoms with Crippen LogP contribution in [0.5, 0.6) is 0 Å². The average Bonchev–Trinajstić information content (AvgIpc) is 3.05. The molecule has 2 aromatic rings. The van der Waals surface area contributed by atoms with E-state index in [1.54, 1.807) is 22.5 Å². The zero-order valence-electron chi connectivity index (χ0n) is 13.1. The van der Waals surface area contributed by atoms with Gasteiger partial charge in [-0.15, -0.1) is 0 Å². The normalized spacial score (nSPS) is 15.8. The number of imidazole rings is 1. The molecule has 9 heteroatoms. The predicted molar refractivity (Wildman–Crippen MR) is 84.7 cm³/mol. The molecule has 1 aliphatic rings. The number of carbonyl (C=O) groups excluding carboxylic acids is 2. The van der Waals surface area contributed by atoms with Gasteiger partial charge in [-0.05, 0) is 26.7 Å². The summed E-state index contributed by atoms with van der Waals surface area (Å²) < 4.78 is 6.61. The SMILES string of the molecule is CCOC(=O)N1CCC(NC(=O)c2cn3nc(C)sc3n2)CC1. The molecule has 23 heavy (non-hydrogen) atoms. The molecule has 1 N–H and O–H groups in total. The Morgan fingerprint density at radius 2 is 2.17 bits per heavy atom. The van der Waals surface area contributed by atoms with Crippen LogP contribution in [0.1, 0.15) is 35.3 Å². The molecule has 0 saturated carbocycles. The van der Waals surface area contributed by atoms with Crippen LogP contribution < -0.4 is 5.32 Å². The highest BCUT2D eigenvalue weighted by Gasteiger charge is 2.25. The highest BCUT2D eigenvalue weighted by Crippen LogP contribution is 2.15. The van der Waals surface area contributed by atoms with Crippen LogP contribution in [-0.4, -0.2) is 57.2 Å². The monoisotopic (exact) mass is 337 g/mol. The minimum Gasteiger partial charge on any atom is -0.450 e. The predicted octanol–water partition coefficient (Wildman–Crippen LogP) is 1.45. The van der Waals surface area contributed by atoms with Gasteiger partial charge in [-0.25, -0.2) is 14.3 Å². The Kier molecular flexibility index (Phi) is 4.46. The molecule has 0 aliphatic carbocycles. The van der Waals surface area contributed by atoms with Crippen molar-refractivity contribution >= 4 is 28.3 Å². The van der Waals surface area contributed by atoms with Gasteiger partial charge in [0.25, 0.3) is 5.91 Å². The van der Waals surface area contributed by atoms with Gasteiger partial charge in [-0.3, -0.25) is 4.79 Å². The van der Waals surface area contributed by atoms with E-state index in [1.807, 2.05) is 6.92 Å². The quantitative estimate of drug-likeness (QED) is 0.916. The molecule has 1 aliphatic heterocycles. The van der Waals surface area contributed by atoms with E-state index in [2.05, 4.69) is 15.4 Å².